The van der Waals surface area contributed by atoms with E-state index >= 15 is 0 Å². The maximum Gasteiger partial charge on any atom is 0.305 e. The molecule has 0 heterocycles. The molecule has 0 aliphatic carbocycles. The second kappa shape index (κ2) is 14.8. The van der Waals surface area contributed by atoms with Crippen LogP contribution in [0.3, 0.4) is 0 Å². The van der Waals surface area contributed by atoms with Gasteiger partial charge >= 0.3 is 5.97 Å². The summed E-state index contributed by atoms with van der Waals surface area (Å²) in [5.74, 6) is -0.0828. The first-order valence-corrected chi connectivity index (χ1v) is 8.41. The summed E-state index contributed by atoms with van der Waals surface area (Å²) in [5, 5.41) is 9.13. The molecule has 0 spiro atoms. The molecule has 3 heteroatoms. The molecule has 0 radical (unpaired) electrons. The number of rotatable bonds is 14. The van der Waals surface area contributed by atoms with Crippen molar-refractivity contribution in [2.45, 2.75) is 96.5 Å². The Labute approximate surface area is 125 Å². The maximum absolute atomic E-state index is 10.9. The van der Waals surface area contributed by atoms with Crippen molar-refractivity contribution in [3.05, 3.63) is 0 Å². The number of methoxy groups -OCH3 is 1. The maximum atomic E-state index is 10.9. The predicted octanol–water partition coefficient (Wildman–Crippen LogP) is 4.61. The summed E-state index contributed by atoms with van der Waals surface area (Å²) in [7, 11) is 1.45. The molecule has 0 saturated carbocycles. The van der Waals surface area contributed by atoms with E-state index in [2.05, 4.69) is 4.74 Å². The van der Waals surface area contributed by atoms with Gasteiger partial charge in [0.25, 0.3) is 0 Å². The number of aliphatic hydroxyl groups is 1. The summed E-state index contributed by atoms with van der Waals surface area (Å²) in [5.41, 5.74) is 0. The van der Waals surface area contributed by atoms with Crippen LogP contribution in [0.15, 0.2) is 0 Å². The number of ether oxygens (including phenoxy) is 1. The molecule has 0 bridgehead atoms. The molecule has 0 aliphatic heterocycles. The van der Waals surface area contributed by atoms with Gasteiger partial charge in [-0.3, -0.25) is 4.79 Å². The number of hydrogen-bond donors (Lipinski definition) is 1. The van der Waals surface area contributed by atoms with E-state index in [0.29, 0.717) is 6.42 Å². The first-order valence-electron chi connectivity index (χ1n) is 8.41. The van der Waals surface area contributed by atoms with Crippen LogP contribution >= 0.6 is 0 Å². The second-order valence-electron chi connectivity index (χ2n) is 5.85. The van der Waals surface area contributed by atoms with Gasteiger partial charge in [0.05, 0.1) is 13.2 Å². The van der Waals surface area contributed by atoms with E-state index in [-0.39, 0.29) is 12.1 Å². The Kier molecular flexibility index (Phi) is 14.4. The lowest BCUT2D eigenvalue weighted by Crippen LogP contribution is -1.99. The summed E-state index contributed by atoms with van der Waals surface area (Å²) in [4.78, 5) is 10.9. The quantitative estimate of drug-likeness (QED) is 0.374. The fourth-order valence-electron chi connectivity index (χ4n) is 2.40. The SMILES string of the molecule is COC(=O)CCCCCCCCCCCCC[C@H](C)O. The van der Waals surface area contributed by atoms with Gasteiger partial charge < -0.3 is 9.84 Å². The molecule has 0 saturated heterocycles. The highest BCUT2D eigenvalue weighted by atomic mass is 16.5. The van der Waals surface area contributed by atoms with Crippen LogP contribution in [0.1, 0.15) is 90.4 Å². The molecule has 3 nitrogen and oxygen atoms in total. The second-order valence-corrected chi connectivity index (χ2v) is 5.85. The topological polar surface area (TPSA) is 46.5 Å². The molecule has 0 aromatic carbocycles. The number of esters is 1. The molecule has 0 unspecified atom stereocenters. The van der Waals surface area contributed by atoms with E-state index < -0.39 is 0 Å². The number of unbranched alkanes of at least 4 members (excludes halogenated alkanes) is 10. The summed E-state index contributed by atoms with van der Waals surface area (Å²) in [6.45, 7) is 1.87. The molecule has 0 fully saturated rings. The fraction of sp³-hybridized carbons (Fsp3) is 0.941. The van der Waals surface area contributed by atoms with Crippen molar-refractivity contribution < 1.29 is 14.6 Å². The smallest absolute Gasteiger partial charge is 0.305 e. The lowest BCUT2D eigenvalue weighted by molar-refractivity contribution is -0.140. The van der Waals surface area contributed by atoms with E-state index in [1.165, 1.54) is 58.5 Å². The van der Waals surface area contributed by atoms with Crippen LogP contribution in [0.2, 0.25) is 0 Å². The molecule has 1 atom stereocenters. The lowest BCUT2D eigenvalue weighted by atomic mass is 10.0. The molecule has 1 N–H and O–H groups in total. The van der Waals surface area contributed by atoms with Gasteiger partial charge in [0.2, 0.25) is 0 Å². The van der Waals surface area contributed by atoms with E-state index in [9.17, 15) is 4.79 Å². The Morgan fingerprint density at radius 2 is 1.25 bits per heavy atom. The zero-order valence-electron chi connectivity index (χ0n) is 13.5. The Hall–Kier alpha value is -0.570. The summed E-state index contributed by atoms with van der Waals surface area (Å²) >= 11 is 0. The van der Waals surface area contributed by atoms with Crippen molar-refractivity contribution >= 4 is 5.97 Å². The van der Waals surface area contributed by atoms with E-state index in [4.69, 9.17) is 5.11 Å². The predicted molar refractivity (Wildman–Crippen MR) is 83.7 cm³/mol. The Balaban J connectivity index is 3.01. The third-order valence-electron chi connectivity index (χ3n) is 3.73. The average molecular weight is 286 g/mol. The van der Waals surface area contributed by atoms with Gasteiger partial charge in [0, 0.05) is 6.42 Å². The molecule has 0 amide bonds. The summed E-state index contributed by atoms with van der Waals surface area (Å²) < 4.78 is 4.61. The largest absolute Gasteiger partial charge is 0.469 e. The van der Waals surface area contributed by atoms with Gasteiger partial charge in [-0.15, -0.1) is 0 Å². The number of hydrogen-bond acceptors (Lipinski definition) is 3. The van der Waals surface area contributed by atoms with Crippen molar-refractivity contribution in [1.82, 2.24) is 0 Å². The van der Waals surface area contributed by atoms with Crippen LogP contribution in [0.25, 0.3) is 0 Å². The minimum atomic E-state index is -0.130. The third kappa shape index (κ3) is 15.5. The Bertz CT molecular complexity index is 214. The monoisotopic (exact) mass is 286 g/mol. The molecule has 0 rings (SSSR count). The van der Waals surface area contributed by atoms with Crippen molar-refractivity contribution in [3.63, 3.8) is 0 Å². The van der Waals surface area contributed by atoms with Crippen molar-refractivity contribution in [2.24, 2.45) is 0 Å². The van der Waals surface area contributed by atoms with Gasteiger partial charge in [-0.25, -0.2) is 0 Å². The zero-order valence-corrected chi connectivity index (χ0v) is 13.5. The van der Waals surface area contributed by atoms with Crippen LogP contribution in [0, 0.1) is 0 Å². The fourth-order valence-corrected chi connectivity index (χ4v) is 2.40. The van der Waals surface area contributed by atoms with E-state index in [0.717, 1.165) is 25.7 Å². The van der Waals surface area contributed by atoms with E-state index in [1.54, 1.807) is 0 Å². The van der Waals surface area contributed by atoms with Gasteiger partial charge in [0.1, 0.15) is 0 Å². The van der Waals surface area contributed by atoms with Crippen LogP contribution in [-0.4, -0.2) is 24.3 Å². The van der Waals surface area contributed by atoms with Gasteiger partial charge in [-0.1, -0.05) is 64.2 Å². The number of carbonyl (C=O) groups is 1. The summed E-state index contributed by atoms with van der Waals surface area (Å²) in [6, 6.07) is 0. The Morgan fingerprint density at radius 3 is 1.65 bits per heavy atom. The third-order valence-corrected chi connectivity index (χ3v) is 3.73. The van der Waals surface area contributed by atoms with Crippen LogP contribution in [-0.2, 0) is 9.53 Å². The molecule has 0 aliphatic rings. The highest BCUT2D eigenvalue weighted by Crippen LogP contribution is 2.13. The normalized spacial score (nSPS) is 12.3. The molecule has 120 valence electrons. The minimum Gasteiger partial charge on any atom is -0.469 e. The molecular weight excluding hydrogens is 252 g/mol. The highest BCUT2D eigenvalue weighted by molar-refractivity contribution is 5.68. The van der Waals surface area contributed by atoms with Crippen molar-refractivity contribution in [2.75, 3.05) is 7.11 Å². The molecule has 20 heavy (non-hydrogen) atoms. The Morgan fingerprint density at radius 1 is 0.850 bits per heavy atom. The molecule has 0 aromatic rings. The minimum absolute atomic E-state index is 0.0828. The lowest BCUT2D eigenvalue weighted by Gasteiger charge is -2.04. The van der Waals surface area contributed by atoms with Crippen molar-refractivity contribution in [1.29, 1.82) is 0 Å². The van der Waals surface area contributed by atoms with Crippen LogP contribution in [0.4, 0.5) is 0 Å². The van der Waals surface area contributed by atoms with Gasteiger partial charge in [0.15, 0.2) is 0 Å². The van der Waals surface area contributed by atoms with Crippen LogP contribution in [0.5, 0.6) is 0 Å². The van der Waals surface area contributed by atoms with E-state index in [1.807, 2.05) is 6.92 Å². The molecular formula is C17H34O3. The van der Waals surface area contributed by atoms with Gasteiger partial charge in [-0.2, -0.15) is 0 Å². The average Bonchev–Trinajstić information content (AvgIpc) is 2.43. The van der Waals surface area contributed by atoms with Gasteiger partial charge in [-0.05, 0) is 19.8 Å². The highest BCUT2D eigenvalue weighted by Gasteiger charge is 1.99. The zero-order chi connectivity index (χ0) is 15.1. The van der Waals surface area contributed by atoms with Crippen molar-refractivity contribution in [3.8, 4) is 0 Å². The molecule has 0 aromatic heterocycles. The summed E-state index contributed by atoms with van der Waals surface area (Å²) in [6.07, 6.45) is 15.1. The standard InChI is InChI=1S/C17H34O3/c1-16(18)14-12-10-8-6-4-3-5-7-9-11-13-15-17(19)20-2/h16,18H,3-15H2,1-2H3/t16-/m0/s1. The number of carbonyl (C=O) groups excluding carboxylic acids is 1. The number of aliphatic hydroxyl groups excluding tert-OH is 1. The first kappa shape index (κ1) is 19.4. The first-order chi connectivity index (χ1) is 9.66. The van der Waals surface area contributed by atoms with Crippen LogP contribution < -0.4 is 0 Å².